The Bertz CT molecular complexity index is 874. The van der Waals surface area contributed by atoms with Gasteiger partial charge in [-0.25, -0.2) is 0 Å². The van der Waals surface area contributed by atoms with Gasteiger partial charge in [0.2, 0.25) is 0 Å². The van der Waals surface area contributed by atoms with E-state index in [4.69, 9.17) is 0 Å². The molecule has 0 saturated heterocycles. The summed E-state index contributed by atoms with van der Waals surface area (Å²) in [6, 6.07) is 16.5. The van der Waals surface area contributed by atoms with Crippen LogP contribution in [0.2, 0.25) is 0 Å². The average molecular weight is 421 g/mol. The Morgan fingerprint density at radius 1 is 0.885 bits per heavy atom. The molecule has 0 nitrogen and oxygen atoms in total. The van der Waals surface area contributed by atoms with Crippen molar-refractivity contribution in [3.63, 3.8) is 0 Å². The summed E-state index contributed by atoms with van der Waals surface area (Å²) in [6.07, 6.45) is 8.40. The Labute approximate surface area is 177 Å². The van der Waals surface area contributed by atoms with Crippen LogP contribution in [0.1, 0.15) is 54.4 Å². The van der Waals surface area contributed by atoms with Crippen LogP contribution in [0, 0.1) is 26.7 Å². The van der Waals surface area contributed by atoms with Gasteiger partial charge in [0, 0.05) is 26.2 Å². The fraction of sp³-hybridized carbons (Fsp3) is 0.400. The smallest absolute Gasteiger partial charge is 0 e. The molecule has 0 unspecified atom stereocenters. The van der Waals surface area contributed by atoms with E-state index in [2.05, 4.69) is 63.2 Å². The third-order valence-electron chi connectivity index (χ3n) is 5.95. The molecule has 1 aliphatic rings. The third-order valence-corrected chi connectivity index (χ3v) is 5.95. The van der Waals surface area contributed by atoms with Crippen molar-refractivity contribution in [2.24, 2.45) is 5.92 Å². The van der Waals surface area contributed by atoms with Gasteiger partial charge >= 0.3 is 0 Å². The van der Waals surface area contributed by atoms with Crippen LogP contribution in [0.15, 0.2) is 42.5 Å². The summed E-state index contributed by atoms with van der Waals surface area (Å²) in [5.41, 5.74) is 8.38. The SMILES string of the molecule is Cc1cc(C)cc(-c2ccc(C)c3[cH-]c(CC4CCCCC4)cc23)c1.[Zr]. The summed E-state index contributed by atoms with van der Waals surface area (Å²) in [5, 5.41) is 2.89. The molecule has 4 rings (SSSR count). The van der Waals surface area contributed by atoms with Crippen LogP contribution in [0.25, 0.3) is 21.9 Å². The first-order valence-corrected chi connectivity index (χ1v) is 9.88. The zero-order valence-corrected chi connectivity index (χ0v) is 18.8. The Morgan fingerprint density at radius 3 is 2.27 bits per heavy atom. The van der Waals surface area contributed by atoms with Crippen LogP contribution in [0.3, 0.4) is 0 Å². The molecule has 0 aromatic heterocycles. The maximum Gasteiger partial charge on any atom is 0 e. The molecule has 0 heterocycles. The molecule has 1 heteroatoms. The van der Waals surface area contributed by atoms with E-state index in [0.29, 0.717) is 0 Å². The number of benzene rings is 2. The van der Waals surface area contributed by atoms with Gasteiger partial charge in [-0.1, -0.05) is 80.0 Å². The maximum atomic E-state index is 2.48. The van der Waals surface area contributed by atoms with Crippen LogP contribution in [-0.4, -0.2) is 0 Å². The first kappa shape index (κ1) is 19.7. The van der Waals surface area contributed by atoms with Crippen LogP contribution >= 0.6 is 0 Å². The number of hydrogen-bond acceptors (Lipinski definition) is 0. The molecule has 0 spiro atoms. The standard InChI is InChI=1S/C25H29.Zr/c1-17-11-18(2)13-22(12-17)23-10-9-19(3)24-15-21(16-25(23)24)14-20-7-5-4-6-8-20;/h9-13,15-16,20H,4-8,14H2,1-3H3;/q-1;. The van der Waals surface area contributed by atoms with Crippen molar-refractivity contribution in [2.75, 3.05) is 0 Å². The predicted molar refractivity (Wildman–Crippen MR) is 109 cm³/mol. The quantitative estimate of drug-likeness (QED) is 0.391. The van der Waals surface area contributed by atoms with Crippen molar-refractivity contribution < 1.29 is 26.2 Å². The molecule has 1 saturated carbocycles. The van der Waals surface area contributed by atoms with Gasteiger partial charge in [0.15, 0.2) is 0 Å². The second kappa shape index (κ2) is 8.30. The van der Waals surface area contributed by atoms with E-state index < -0.39 is 0 Å². The molecule has 0 amide bonds. The van der Waals surface area contributed by atoms with Crippen molar-refractivity contribution in [1.29, 1.82) is 0 Å². The minimum atomic E-state index is 0. The summed E-state index contributed by atoms with van der Waals surface area (Å²) in [6.45, 7) is 6.64. The molecule has 0 aliphatic heterocycles. The van der Waals surface area contributed by atoms with Crippen LogP contribution in [0.5, 0.6) is 0 Å². The number of rotatable bonds is 3. The normalized spacial score (nSPS) is 15.2. The van der Waals surface area contributed by atoms with Crippen LogP contribution < -0.4 is 0 Å². The number of aryl methyl sites for hydroxylation is 3. The molecule has 1 aliphatic carbocycles. The summed E-state index contributed by atoms with van der Waals surface area (Å²) in [4.78, 5) is 0. The van der Waals surface area contributed by atoms with E-state index >= 15 is 0 Å². The zero-order chi connectivity index (χ0) is 17.4. The molecule has 3 aromatic rings. The van der Waals surface area contributed by atoms with E-state index in [9.17, 15) is 0 Å². The average Bonchev–Trinajstić information content (AvgIpc) is 2.99. The Balaban J connectivity index is 0.00000196. The van der Waals surface area contributed by atoms with Crippen molar-refractivity contribution in [3.05, 3.63) is 64.7 Å². The van der Waals surface area contributed by atoms with Gasteiger partial charge in [0.25, 0.3) is 0 Å². The zero-order valence-electron chi connectivity index (χ0n) is 16.4. The van der Waals surface area contributed by atoms with E-state index in [0.717, 1.165) is 5.92 Å². The van der Waals surface area contributed by atoms with Crippen molar-refractivity contribution in [1.82, 2.24) is 0 Å². The second-order valence-corrected chi connectivity index (χ2v) is 8.21. The first-order valence-electron chi connectivity index (χ1n) is 9.88. The van der Waals surface area contributed by atoms with Gasteiger partial charge < -0.3 is 0 Å². The largest absolute Gasteiger partial charge is 0.164 e. The minimum Gasteiger partial charge on any atom is -0.164 e. The minimum absolute atomic E-state index is 0. The number of fused-ring (bicyclic) bond motifs is 1. The van der Waals surface area contributed by atoms with E-state index in [1.54, 1.807) is 5.56 Å². The molecule has 1 fully saturated rings. The molecule has 0 radical (unpaired) electrons. The fourth-order valence-electron chi connectivity index (χ4n) is 4.73. The van der Waals surface area contributed by atoms with Crippen molar-refractivity contribution in [2.45, 2.75) is 59.3 Å². The summed E-state index contributed by atoms with van der Waals surface area (Å²) in [7, 11) is 0. The number of hydrogen-bond donors (Lipinski definition) is 0. The molecule has 0 atom stereocenters. The Hall–Kier alpha value is -1.07. The summed E-state index contributed by atoms with van der Waals surface area (Å²) < 4.78 is 0. The molecular weight excluding hydrogens is 391 g/mol. The molecule has 3 aromatic carbocycles. The molecule has 0 bridgehead atoms. The molecule has 134 valence electrons. The van der Waals surface area contributed by atoms with Gasteiger partial charge in [-0.15, -0.1) is 34.0 Å². The fourth-order valence-corrected chi connectivity index (χ4v) is 4.73. The Morgan fingerprint density at radius 2 is 1.58 bits per heavy atom. The molecule has 0 N–H and O–H groups in total. The Kier molecular flexibility index (Phi) is 6.29. The van der Waals surface area contributed by atoms with E-state index in [-0.39, 0.29) is 26.2 Å². The summed E-state index contributed by atoms with van der Waals surface area (Å²) in [5.74, 6) is 0.899. The van der Waals surface area contributed by atoms with Gasteiger partial charge in [0.1, 0.15) is 0 Å². The van der Waals surface area contributed by atoms with E-state index in [1.807, 2.05) is 0 Å². The second-order valence-electron chi connectivity index (χ2n) is 8.21. The van der Waals surface area contributed by atoms with Crippen LogP contribution in [0.4, 0.5) is 0 Å². The van der Waals surface area contributed by atoms with Gasteiger partial charge in [-0.3, -0.25) is 0 Å². The molecule has 26 heavy (non-hydrogen) atoms. The predicted octanol–water partition coefficient (Wildman–Crippen LogP) is 7.27. The third kappa shape index (κ3) is 4.09. The topological polar surface area (TPSA) is 0 Å². The maximum absolute atomic E-state index is 2.48. The van der Waals surface area contributed by atoms with Gasteiger partial charge in [0.05, 0.1) is 0 Å². The molecular formula is C25H29Zr-. The van der Waals surface area contributed by atoms with Gasteiger partial charge in [-0.2, -0.15) is 6.07 Å². The van der Waals surface area contributed by atoms with Gasteiger partial charge in [-0.05, 0) is 31.7 Å². The first-order chi connectivity index (χ1) is 12.1. The van der Waals surface area contributed by atoms with Crippen LogP contribution in [-0.2, 0) is 32.6 Å². The monoisotopic (exact) mass is 419 g/mol. The summed E-state index contributed by atoms with van der Waals surface area (Å²) >= 11 is 0. The van der Waals surface area contributed by atoms with E-state index in [1.165, 1.54) is 77.1 Å². The van der Waals surface area contributed by atoms with Crippen molar-refractivity contribution >= 4 is 10.8 Å². The van der Waals surface area contributed by atoms with Crippen molar-refractivity contribution in [3.8, 4) is 11.1 Å².